The van der Waals surface area contributed by atoms with E-state index < -0.39 is 12.1 Å². The molecule has 2 N–H and O–H groups in total. The molecule has 2 aromatic carbocycles. The van der Waals surface area contributed by atoms with Crippen molar-refractivity contribution in [3.8, 4) is 0 Å². The number of rotatable bonds is 6. The third-order valence-electron chi connectivity index (χ3n) is 3.87. The molecule has 2 aromatic rings. The fraction of sp³-hybridized carbons (Fsp3) is 0.150. The number of alkyl halides is 3. The zero-order valence-corrected chi connectivity index (χ0v) is 16.7. The molecule has 0 aliphatic carbocycles. The van der Waals surface area contributed by atoms with Crippen molar-refractivity contribution in [1.82, 2.24) is 0 Å². The second-order valence-corrected chi connectivity index (χ2v) is 6.95. The van der Waals surface area contributed by atoms with Gasteiger partial charge in [0.15, 0.2) is 12.6 Å². The van der Waals surface area contributed by atoms with E-state index in [1.54, 1.807) is 13.1 Å². The van der Waals surface area contributed by atoms with Gasteiger partial charge in [0, 0.05) is 10.0 Å². The summed E-state index contributed by atoms with van der Waals surface area (Å²) in [6.45, 7) is 0. The Balaban J connectivity index is 2.38. The lowest BCUT2D eigenvalue weighted by Gasteiger charge is -2.18. The number of halogens is 5. The highest BCUT2D eigenvalue weighted by atomic mass is 35.5. The second kappa shape index (κ2) is 9.71. The molecule has 2 rings (SSSR count). The van der Waals surface area contributed by atoms with E-state index in [2.05, 4.69) is 4.99 Å². The molecule has 0 saturated heterocycles. The van der Waals surface area contributed by atoms with Gasteiger partial charge in [-0.05, 0) is 41.5 Å². The van der Waals surface area contributed by atoms with Crippen LogP contribution in [-0.2, 0) is 0 Å². The van der Waals surface area contributed by atoms with Crippen LogP contribution in [0.4, 0.5) is 18.9 Å². The van der Waals surface area contributed by atoms with Crippen molar-refractivity contribution >= 4 is 53.9 Å². The van der Waals surface area contributed by atoms with Gasteiger partial charge in [0.1, 0.15) is 5.69 Å². The Morgan fingerprint density at radius 2 is 1.79 bits per heavy atom. The van der Waals surface area contributed by atoms with Crippen LogP contribution in [0.5, 0.6) is 0 Å². The standard InChI is InChI=1S/C20H16Cl2F3N3O/c1-28(11-26)12-27-19-5-3-13(6-15(19)10-29)2-4-18(20(23,24)25)14-7-16(21)9-17(22)8-14/h2-12,18,26H,1H3/p+1. The molecule has 0 fully saturated rings. The summed E-state index contributed by atoms with van der Waals surface area (Å²) in [6, 6.07) is 8.33. The highest BCUT2D eigenvalue weighted by molar-refractivity contribution is 6.34. The summed E-state index contributed by atoms with van der Waals surface area (Å²) in [5.41, 5.74) is 6.24. The summed E-state index contributed by atoms with van der Waals surface area (Å²) >= 11 is 11.7. The lowest BCUT2D eigenvalue weighted by atomic mass is 9.96. The topological polar surface area (TPSA) is 58.5 Å². The van der Waals surface area contributed by atoms with Gasteiger partial charge >= 0.3 is 6.18 Å². The van der Waals surface area contributed by atoms with Crippen LogP contribution in [0.15, 0.2) is 47.5 Å². The van der Waals surface area contributed by atoms with E-state index in [9.17, 15) is 18.0 Å². The average molecular weight is 443 g/mol. The lowest BCUT2D eigenvalue weighted by molar-refractivity contribution is -0.355. The summed E-state index contributed by atoms with van der Waals surface area (Å²) < 4.78 is 42.2. The molecule has 0 aliphatic rings. The number of hydrogen-bond acceptors (Lipinski definition) is 2. The molecule has 152 valence electrons. The van der Waals surface area contributed by atoms with Gasteiger partial charge in [-0.25, -0.2) is 4.58 Å². The minimum Gasteiger partial charge on any atom is -0.325 e. The first-order chi connectivity index (χ1) is 13.6. The highest BCUT2D eigenvalue weighted by Crippen LogP contribution is 2.38. The molecule has 0 aliphatic heterocycles. The van der Waals surface area contributed by atoms with Crippen molar-refractivity contribution in [1.29, 1.82) is 0 Å². The normalized spacial score (nSPS) is 13.9. The van der Waals surface area contributed by atoms with Gasteiger partial charge in [-0.15, -0.1) is 4.99 Å². The summed E-state index contributed by atoms with van der Waals surface area (Å²) in [5.74, 6) is -1.91. The van der Waals surface area contributed by atoms with Crippen LogP contribution >= 0.6 is 23.2 Å². The molecule has 1 atom stereocenters. The SMILES string of the molecule is C[N+](C=Nc1ccc(C=CC(c2cc(Cl)cc(Cl)c2)C(F)(F)F)cc1C=O)=CN. The molecule has 0 heterocycles. The number of aldehydes is 1. The Bertz CT molecular complexity index is 965. The Kier molecular flexibility index (Phi) is 7.59. The first-order valence-corrected chi connectivity index (χ1v) is 9.01. The van der Waals surface area contributed by atoms with E-state index in [-0.39, 0.29) is 21.2 Å². The molecule has 1 unspecified atom stereocenters. The zero-order valence-electron chi connectivity index (χ0n) is 15.2. The molecule has 0 radical (unpaired) electrons. The lowest BCUT2D eigenvalue weighted by Crippen LogP contribution is -2.18. The summed E-state index contributed by atoms with van der Waals surface area (Å²) in [6.07, 6.45) is 0.986. The fourth-order valence-electron chi connectivity index (χ4n) is 2.45. The van der Waals surface area contributed by atoms with Gasteiger partial charge < -0.3 is 5.73 Å². The molecule has 4 nitrogen and oxygen atoms in total. The van der Waals surface area contributed by atoms with Gasteiger partial charge in [-0.2, -0.15) is 13.2 Å². The summed E-state index contributed by atoms with van der Waals surface area (Å²) in [5, 5.41) is 0.223. The number of nitrogens with zero attached hydrogens (tertiary/aromatic N) is 2. The van der Waals surface area contributed by atoms with Crippen LogP contribution in [0.2, 0.25) is 10.0 Å². The predicted molar refractivity (Wildman–Crippen MR) is 111 cm³/mol. The number of carbonyl (C=O) groups is 1. The van der Waals surface area contributed by atoms with Gasteiger partial charge in [0.2, 0.25) is 6.34 Å². The quantitative estimate of drug-likeness (QED) is 0.279. The number of aliphatic imine (C=N–C) groups is 1. The monoisotopic (exact) mass is 442 g/mol. The third-order valence-corrected chi connectivity index (χ3v) is 4.31. The molecular weight excluding hydrogens is 426 g/mol. The van der Waals surface area contributed by atoms with E-state index in [4.69, 9.17) is 28.9 Å². The molecule has 0 bridgehead atoms. The minimum atomic E-state index is -4.55. The van der Waals surface area contributed by atoms with Gasteiger partial charge in [0.05, 0.1) is 18.5 Å². The van der Waals surface area contributed by atoms with Crippen LogP contribution in [0.3, 0.4) is 0 Å². The van der Waals surface area contributed by atoms with Crippen molar-refractivity contribution in [3.63, 3.8) is 0 Å². The molecule has 0 spiro atoms. The predicted octanol–water partition coefficient (Wildman–Crippen LogP) is 5.45. The maximum atomic E-state index is 13.6. The van der Waals surface area contributed by atoms with Crippen LogP contribution in [0.25, 0.3) is 6.08 Å². The van der Waals surface area contributed by atoms with Crippen LogP contribution in [0.1, 0.15) is 27.4 Å². The van der Waals surface area contributed by atoms with Crippen molar-refractivity contribution < 1.29 is 22.5 Å². The summed E-state index contributed by atoms with van der Waals surface area (Å²) in [7, 11) is 1.65. The second-order valence-electron chi connectivity index (χ2n) is 6.08. The number of benzene rings is 2. The molecule has 9 heteroatoms. The molecule has 29 heavy (non-hydrogen) atoms. The smallest absolute Gasteiger partial charge is 0.325 e. The number of nitrogens with two attached hydrogens (primary N) is 1. The first kappa shape index (κ1) is 22.6. The van der Waals surface area contributed by atoms with E-state index in [0.29, 0.717) is 17.5 Å². The first-order valence-electron chi connectivity index (χ1n) is 8.25. The maximum Gasteiger partial charge on any atom is 0.399 e. The van der Waals surface area contributed by atoms with Gasteiger partial charge in [0.25, 0.3) is 0 Å². The molecule has 0 saturated carbocycles. The Hall–Kier alpha value is -2.64. The summed E-state index contributed by atoms with van der Waals surface area (Å²) in [4.78, 5) is 15.4. The Labute approximate surface area is 175 Å². The van der Waals surface area contributed by atoms with Crippen molar-refractivity contribution in [2.45, 2.75) is 12.1 Å². The molecular formula is C20H17Cl2F3N3O+. The number of carbonyl (C=O) groups excluding carboxylic acids is 1. The van der Waals surface area contributed by atoms with E-state index >= 15 is 0 Å². The highest BCUT2D eigenvalue weighted by Gasteiger charge is 2.39. The van der Waals surface area contributed by atoms with Crippen LogP contribution in [-0.4, -0.2) is 36.8 Å². The van der Waals surface area contributed by atoms with E-state index in [1.165, 1.54) is 53.7 Å². The molecule has 0 amide bonds. The van der Waals surface area contributed by atoms with Gasteiger partial charge in [-0.1, -0.05) is 41.4 Å². The van der Waals surface area contributed by atoms with E-state index in [0.717, 1.165) is 6.08 Å². The largest absolute Gasteiger partial charge is 0.399 e. The number of allylic oxidation sites excluding steroid dienone is 1. The molecule has 0 aromatic heterocycles. The maximum absolute atomic E-state index is 13.6. The Morgan fingerprint density at radius 3 is 2.34 bits per heavy atom. The van der Waals surface area contributed by atoms with Crippen LogP contribution < -0.4 is 5.73 Å². The van der Waals surface area contributed by atoms with Crippen molar-refractivity contribution in [2.24, 2.45) is 10.7 Å². The number of hydrogen-bond donors (Lipinski definition) is 1. The zero-order chi connectivity index (χ0) is 21.6. The van der Waals surface area contributed by atoms with Crippen molar-refractivity contribution in [2.75, 3.05) is 7.05 Å². The fourth-order valence-corrected chi connectivity index (χ4v) is 2.99. The van der Waals surface area contributed by atoms with E-state index in [1.807, 2.05) is 0 Å². The average Bonchev–Trinajstić information content (AvgIpc) is 2.64. The van der Waals surface area contributed by atoms with Crippen LogP contribution in [0, 0.1) is 0 Å². The Morgan fingerprint density at radius 1 is 1.14 bits per heavy atom. The third kappa shape index (κ3) is 6.44. The minimum absolute atomic E-state index is 0.0795. The van der Waals surface area contributed by atoms with Gasteiger partial charge in [-0.3, -0.25) is 4.79 Å². The van der Waals surface area contributed by atoms with Crippen molar-refractivity contribution in [3.05, 3.63) is 69.2 Å².